The second-order valence-electron chi connectivity index (χ2n) is 8.08. The van der Waals surface area contributed by atoms with E-state index in [1.807, 2.05) is 17.0 Å². The molecule has 2 fully saturated rings. The van der Waals surface area contributed by atoms with E-state index in [9.17, 15) is 9.59 Å². The van der Waals surface area contributed by atoms with E-state index in [1.165, 1.54) is 16.8 Å². The molecule has 2 amide bonds. The first-order chi connectivity index (χ1) is 14.0. The van der Waals surface area contributed by atoms with Crippen LogP contribution in [0.3, 0.4) is 0 Å². The Balaban J connectivity index is 1.36. The summed E-state index contributed by atoms with van der Waals surface area (Å²) in [6.07, 6.45) is 1.29. The molecule has 2 aromatic carbocycles. The largest absolute Gasteiger partial charge is 0.368 e. The highest BCUT2D eigenvalue weighted by atomic mass is 16.2. The van der Waals surface area contributed by atoms with Crippen molar-refractivity contribution < 1.29 is 9.59 Å². The fourth-order valence-electron chi connectivity index (χ4n) is 4.30. The summed E-state index contributed by atoms with van der Waals surface area (Å²) in [5.41, 5.74) is 4.61. The van der Waals surface area contributed by atoms with Gasteiger partial charge in [-0.15, -0.1) is 0 Å². The number of piperazine rings is 1. The minimum absolute atomic E-state index is 0.0472. The van der Waals surface area contributed by atoms with Gasteiger partial charge in [-0.25, -0.2) is 0 Å². The molecule has 5 heteroatoms. The van der Waals surface area contributed by atoms with Gasteiger partial charge in [0.05, 0.1) is 5.92 Å². The molecule has 0 bridgehead atoms. The predicted octanol–water partition coefficient (Wildman–Crippen LogP) is 3.26. The van der Waals surface area contributed by atoms with Crippen LogP contribution in [0.15, 0.2) is 48.5 Å². The standard InChI is InChI=1S/C24H29N3O2/c1-3-19-7-9-21(10-8-19)27-17-20(16-23(27)28)24(29)26-13-11-25(12-14-26)22-6-4-5-18(2)15-22/h4-10,15,20H,3,11-14,16-17H2,1-2H3/t20-/m0/s1. The van der Waals surface area contributed by atoms with Gasteiger partial charge in [0, 0.05) is 50.5 Å². The third-order valence-electron chi connectivity index (χ3n) is 6.09. The summed E-state index contributed by atoms with van der Waals surface area (Å²) < 4.78 is 0. The molecule has 0 aliphatic carbocycles. The van der Waals surface area contributed by atoms with Crippen molar-refractivity contribution in [3.63, 3.8) is 0 Å². The monoisotopic (exact) mass is 391 g/mol. The van der Waals surface area contributed by atoms with Gasteiger partial charge in [0.2, 0.25) is 11.8 Å². The van der Waals surface area contributed by atoms with Crippen LogP contribution in [0.25, 0.3) is 0 Å². The minimum atomic E-state index is -0.237. The SMILES string of the molecule is CCc1ccc(N2C[C@@H](C(=O)N3CCN(c4cccc(C)c4)CC3)CC2=O)cc1. The van der Waals surface area contributed by atoms with E-state index < -0.39 is 0 Å². The molecular weight excluding hydrogens is 362 g/mol. The number of rotatable bonds is 4. The predicted molar refractivity (Wildman–Crippen MR) is 116 cm³/mol. The summed E-state index contributed by atoms with van der Waals surface area (Å²) in [7, 11) is 0. The zero-order chi connectivity index (χ0) is 20.4. The van der Waals surface area contributed by atoms with Crippen LogP contribution in [-0.2, 0) is 16.0 Å². The lowest BCUT2D eigenvalue weighted by Gasteiger charge is -2.37. The third-order valence-corrected chi connectivity index (χ3v) is 6.09. The number of anilines is 2. The molecule has 1 atom stereocenters. The first-order valence-electron chi connectivity index (χ1n) is 10.5. The first-order valence-corrected chi connectivity index (χ1v) is 10.5. The number of carbonyl (C=O) groups excluding carboxylic acids is 2. The molecule has 29 heavy (non-hydrogen) atoms. The van der Waals surface area contributed by atoms with Crippen molar-refractivity contribution in [2.24, 2.45) is 5.92 Å². The van der Waals surface area contributed by atoms with Crippen molar-refractivity contribution in [1.82, 2.24) is 4.90 Å². The quantitative estimate of drug-likeness (QED) is 0.804. The Bertz CT molecular complexity index is 885. The van der Waals surface area contributed by atoms with E-state index >= 15 is 0 Å². The second-order valence-corrected chi connectivity index (χ2v) is 8.08. The van der Waals surface area contributed by atoms with Crippen LogP contribution >= 0.6 is 0 Å². The van der Waals surface area contributed by atoms with Crippen molar-refractivity contribution in [3.05, 3.63) is 59.7 Å². The van der Waals surface area contributed by atoms with Crippen LogP contribution in [0.2, 0.25) is 0 Å². The van der Waals surface area contributed by atoms with E-state index in [0.717, 1.165) is 25.2 Å². The lowest BCUT2D eigenvalue weighted by Crippen LogP contribution is -2.50. The van der Waals surface area contributed by atoms with Gasteiger partial charge >= 0.3 is 0 Å². The van der Waals surface area contributed by atoms with Gasteiger partial charge in [0.1, 0.15) is 0 Å². The number of hydrogen-bond acceptors (Lipinski definition) is 3. The highest BCUT2D eigenvalue weighted by Crippen LogP contribution is 2.27. The summed E-state index contributed by atoms with van der Waals surface area (Å²) in [6, 6.07) is 16.6. The van der Waals surface area contributed by atoms with E-state index in [4.69, 9.17) is 0 Å². The van der Waals surface area contributed by atoms with Crippen molar-refractivity contribution >= 4 is 23.2 Å². The zero-order valence-electron chi connectivity index (χ0n) is 17.3. The van der Waals surface area contributed by atoms with Gasteiger partial charge in [-0.1, -0.05) is 31.2 Å². The maximum Gasteiger partial charge on any atom is 0.228 e. The minimum Gasteiger partial charge on any atom is -0.368 e. The van der Waals surface area contributed by atoms with Gasteiger partial charge in [0.15, 0.2) is 0 Å². The molecule has 0 N–H and O–H groups in total. The average molecular weight is 392 g/mol. The summed E-state index contributed by atoms with van der Waals surface area (Å²) in [5.74, 6) is -0.0696. The molecule has 2 aliphatic heterocycles. The number of carbonyl (C=O) groups is 2. The van der Waals surface area contributed by atoms with E-state index in [-0.39, 0.29) is 17.7 Å². The second kappa shape index (κ2) is 8.27. The fraction of sp³-hybridized carbons (Fsp3) is 0.417. The Kier molecular flexibility index (Phi) is 5.56. The van der Waals surface area contributed by atoms with E-state index in [2.05, 4.69) is 55.1 Å². The van der Waals surface area contributed by atoms with E-state index in [0.29, 0.717) is 26.1 Å². The molecule has 0 radical (unpaired) electrons. The smallest absolute Gasteiger partial charge is 0.228 e. The molecule has 0 spiro atoms. The Morgan fingerprint density at radius 1 is 1.00 bits per heavy atom. The number of aryl methyl sites for hydroxylation is 2. The van der Waals surface area contributed by atoms with Crippen LogP contribution in [0.5, 0.6) is 0 Å². The van der Waals surface area contributed by atoms with Crippen molar-refractivity contribution in [2.45, 2.75) is 26.7 Å². The molecule has 2 heterocycles. The van der Waals surface area contributed by atoms with Crippen LogP contribution in [0.1, 0.15) is 24.5 Å². The summed E-state index contributed by atoms with van der Waals surface area (Å²) in [4.78, 5) is 31.6. The molecule has 152 valence electrons. The Hall–Kier alpha value is -2.82. The van der Waals surface area contributed by atoms with Gasteiger partial charge in [-0.3, -0.25) is 9.59 Å². The zero-order valence-corrected chi connectivity index (χ0v) is 17.3. The molecule has 0 aromatic heterocycles. The highest BCUT2D eigenvalue weighted by Gasteiger charge is 2.37. The molecule has 2 aromatic rings. The Labute approximate surface area is 172 Å². The average Bonchev–Trinajstić information content (AvgIpc) is 3.15. The van der Waals surface area contributed by atoms with Crippen LogP contribution in [-0.4, -0.2) is 49.4 Å². The van der Waals surface area contributed by atoms with Crippen LogP contribution < -0.4 is 9.80 Å². The number of benzene rings is 2. The topological polar surface area (TPSA) is 43.9 Å². The van der Waals surface area contributed by atoms with Gasteiger partial charge in [0.25, 0.3) is 0 Å². The third kappa shape index (κ3) is 4.14. The molecular formula is C24H29N3O2. The number of amides is 2. The Morgan fingerprint density at radius 3 is 2.38 bits per heavy atom. The van der Waals surface area contributed by atoms with E-state index in [1.54, 1.807) is 4.90 Å². The normalized spacial score (nSPS) is 19.7. The summed E-state index contributed by atoms with van der Waals surface area (Å²) >= 11 is 0. The van der Waals surface area contributed by atoms with Gasteiger partial charge in [-0.05, 0) is 48.7 Å². The van der Waals surface area contributed by atoms with Gasteiger partial charge < -0.3 is 14.7 Å². The number of nitrogens with zero attached hydrogens (tertiary/aromatic N) is 3. The molecule has 0 saturated carbocycles. The Morgan fingerprint density at radius 2 is 1.72 bits per heavy atom. The molecule has 2 aliphatic rings. The van der Waals surface area contributed by atoms with Crippen molar-refractivity contribution in [1.29, 1.82) is 0 Å². The first kappa shape index (κ1) is 19.5. The van der Waals surface area contributed by atoms with Crippen LogP contribution in [0, 0.1) is 12.8 Å². The lowest BCUT2D eigenvalue weighted by atomic mass is 10.1. The van der Waals surface area contributed by atoms with Gasteiger partial charge in [-0.2, -0.15) is 0 Å². The fourth-order valence-corrected chi connectivity index (χ4v) is 4.30. The highest BCUT2D eigenvalue weighted by molar-refractivity contribution is 6.00. The lowest BCUT2D eigenvalue weighted by molar-refractivity contribution is -0.136. The van der Waals surface area contributed by atoms with Crippen LogP contribution in [0.4, 0.5) is 11.4 Å². The molecule has 5 nitrogen and oxygen atoms in total. The van der Waals surface area contributed by atoms with Crippen molar-refractivity contribution in [3.8, 4) is 0 Å². The molecule has 2 saturated heterocycles. The summed E-state index contributed by atoms with van der Waals surface area (Å²) in [6.45, 7) is 7.79. The summed E-state index contributed by atoms with van der Waals surface area (Å²) in [5, 5.41) is 0. The van der Waals surface area contributed by atoms with Crippen molar-refractivity contribution in [2.75, 3.05) is 42.5 Å². The molecule has 4 rings (SSSR count). The number of hydrogen-bond donors (Lipinski definition) is 0. The maximum absolute atomic E-state index is 13.0. The molecule has 0 unspecified atom stereocenters. The maximum atomic E-state index is 13.0.